The number of thioether (sulfide) groups is 1. The molecule has 0 aliphatic carbocycles. The molecule has 1 aromatic carbocycles. The molecule has 0 saturated carbocycles. The van der Waals surface area contributed by atoms with Crippen molar-refractivity contribution in [2.75, 3.05) is 25.7 Å². The van der Waals surface area contributed by atoms with Crippen LogP contribution in [0, 0.1) is 0 Å². The second-order valence-electron chi connectivity index (χ2n) is 4.28. The first-order valence-corrected chi connectivity index (χ1v) is 7.72. The zero-order valence-electron chi connectivity index (χ0n) is 11.5. The molecule has 5 heteroatoms. The van der Waals surface area contributed by atoms with Crippen molar-refractivity contribution >= 4 is 17.7 Å². The van der Waals surface area contributed by atoms with Gasteiger partial charge in [0.15, 0.2) is 0 Å². The second-order valence-corrected chi connectivity index (χ2v) is 5.27. The van der Waals surface area contributed by atoms with Crippen molar-refractivity contribution in [2.45, 2.75) is 18.9 Å². The van der Waals surface area contributed by atoms with Gasteiger partial charge in [-0.05, 0) is 42.5 Å². The van der Waals surface area contributed by atoms with Gasteiger partial charge >= 0.3 is 0 Å². The van der Waals surface area contributed by atoms with E-state index in [1.54, 1.807) is 18.9 Å². The number of methoxy groups -OCH3 is 1. The molecule has 0 unspecified atom stereocenters. The maximum absolute atomic E-state index is 11.7. The van der Waals surface area contributed by atoms with Crippen LogP contribution in [-0.2, 0) is 11.2 Å². The molecule has 3 N–H and O–H groups in total. The van der Waals surface area contributed by atoms with E-state index >= 15 is 0 Å². The Morgan fingerprint density at radius 3 is 3.00 bits per heavy atom. The third-order valence-electron chi connectivity index (χ3n) is 2.82. The van der Waals surface area contributed by atoms with Gasteiger partial charge in [0.2, 0.25) is 5.91 Å². The Morgan fingerprint density at radius 2 is 2.32 bits per heavy atom. The first-order valence-electron chi connectivity index (χ1n) is 6.32. The topological polar surface area (TPSA) is 64.3 Å². The van der Waals surface area contributed by atoms with Crippen LogP contribution < -0.4 is 15.8 Å². The van der Waals surface area contributed by atoms with Crippen LogP contribution >= 0.6 is 11.8 Å². The summed E-state index contributed by atoms with van der Waals surface area (Å²) >= 11 is 1.70. The predicted molar refractivity (Wildman–Crippen MR) is 80.7 cm³/mol. The third-order valence-corrected chi connectivity index (χ3v) is 3.46. The summed E-state index contributed by atoms with van der Waals surface area (Å²) in [5.41, 5.74) is 6.92. The van der Waals surface area contributed by atoms with Crippen molar-refractivity contribution in [2.24, 2.45) is 5.73 Å². The minimum atomic E-state index is -0.405. The molecule has 0 aliphatic heterocycles. The molecule has 106 valence electrons. The summed E-state index contributed by atoms with van der Waals surface area (Å²) in [6.07, 6.45) is 3.50. The number of amides is 1. The third kappa shape index (κ3) is 5.98. The molecule has 0 saturated heterocycles. The number of carbonyl (C=O) groups is 1. The number of nitrogens with one attached hydrogen (secondary N) is 1. The van der Waals surface area contributed by atoms with Crippen molar-refractivity contribution in [3.05, 3.63) is 29.8 Å². The maximum Gasteiger partial charge on any atom is 0.236 e. The van der Waals surface area contributed by atoms with E-state index in [0.717, 1.165) is 23.5 Å². The number of rotatable bonds is 8. The molecule has 0 spiro atoms. The van der Waals surface area contributed by atoms with Crippen LogP contribution in [0.1, 0.15) is 12.0 Å². The summed E-state index contributed by atoms with van der Waals surface area (Å²) in [5, 5.41) is 2.86. The van der Waals surface area contributed by atoms with Crippen molar-refractivity contribution in [1.82, 2.24) is 5.32 Å². The highest BCUT2D eigenvalue weighted by Crippen LogP contribution is 2.12. The van der Waals surface area contributed by atoms with Gasteiger partial charge in [0.1, 0.15) is 5.75 Å². The van der Waals surface area contributed by atoms with Crippen LogP contribution in [0.15, 0.2) is 24.3 Å². The SMILES string of the molecule is COc1cccc(CCNC(=O)[C@H](N)CCSC)c1. The first-order chi connectivity index (χ1) is 9.17. The minimum absolute atomic E-state index is 0.0723. The molecule has 1 aromatic rings. The van der Waals surface area contributed by atoms with E-state index in [1.165, 1.54) is 0 Å². The number of nitrogens with two attached hydrogens (primary N) is 1. The zero-order chi connectivity index (χ0) is 14.1. The average molecular weight is 282 g/mol. The zero-order valence-corrected chi connectivity index (χ0v) is 12.3. The molecule has 0 aliphatic rings. The lowest BCUT2D eigenvalue weighted by Gasteiger charge is -2.11. The number of hydrogen-bond donors (Lipinski definition) is 2. The van der Waals surface area contributed by atoms with Gasteiger partial charge < -0.3 is 15.8 Å². The fourth-order valence-corrected chi connectivity index (χ4v) is 2.15. The van der Waals surface area contributed by atoms with E-state index in [4.69, 9.17) is 10.5 Å². The molecule has 0 heterocycles. The Kier molecular flexibility index (Phi) is 7.36. The molecule has 1 atom stereocenters. The Morgan fingerprint density at radius 1 is 1.53 bits per heavy atom. The van der Waals surface area contributed by atoms with Crippen LogP contribution in [0.3, 0.4) is 0 Å². The van der Waals surface area contributed by atoms with Crippen LogP contribution in [-0.4, -0.2) is 37.6 Å². The standard InChI is InChI=1S/C14H22N2O2S/c1-18-12-5-3-4-11(10-12)6-8-16-14(17)13(15)7-9-19-2/h3-5,10,13H,6-9,15H2,1-2H3,(H,16,17)/t13-/m1/s1. The quantitative estimate of drug-likeness (QED) is 0.757. The van der Waals surface area contributed by atoms with Crippen molar-refractivity contribution < 1.29 is 9.53 Å². The van der Waals surface area contributed by atoms with Crippen LogP contribution in [0.25, 0.3) is 0 Å². The lowest BCUT2D eigenvalue weighted by Crippen LogP contribution is -2.41. The minimum Gasteiger partial charge on any atom is -0.497 e. The summed E-state index contributed by atoms with van der Waals surface area (Å²) in [7, 11) is 1.64. The molecule has 1 amide bonds. The first kappa shape index (κ1) is 15.9. The van der Waals surface area contributed by atoms with Gasteiger partial charge in [0.05, 0.1) is 13.2 Å². The number of ether oxygens (including phenoxy) is 1. The molecule has 0 aromatic heterocycles. The number of hydrogen-bond acceptors (Lipinski definition) is 4. The summed E-state index contributed by atoms with van der Waals surface area (Å²) in [6.45, 7) is 0.596. The molecule has 1 rings (SSSR count). The van der Waals surface area contributed by atoms with Crippen LogP contribution in [0.2, 0.25) is 0 Å². The fourth-order valence-electron chi connectivity index (χ4n) is 1.67. The highest BCUT2D eigenvalue weighted by molar-refractivity contribution is 7.98. The van der Waals surface area contributed by atoms with Crippen molar-refractivity contribution in [3.8, 4) is 5.75 Å². The highest BCUT2D eigenvalue weighted by Gasteiger charge is 2.11. The van der Waals surface area contributed by atoms with Gasteiger partial charge in [-0.3, -0.25) is 4.79 Å². The van der Waals surface area contributed by atoms with E-state index in [-0.39, 0.29) is 5.91 Å². The highest BCUT2D eigenvalue weighted by atomic mass is 32.2. The molecule has 0 fully saturated rings. The largest absolute Gasteiger partial charge is 0.497 e. The van der Waals surface area contributed by atoms with Gasteiger partial charge in [-0.1, -0.05) is 12.1 Å². The molecule has 19 heavy (non-hydrogen) atoms. The lowest BCUT2D eigenvalue weighted by atomic mass is 10.1. The Bertz CT molecular complexity index is 399. The number of carbonyl (C=O) groups excluding carboxylic acids is 1. The lowest BCUT2D eigenvalue weighted by molar-refractivity contribution is -0.122. The number of benzene rings is 1. The average Bonchev–Trinajstić information content (AvgIpc) is 2.44. The normalized spacial score (nSPS) is 11.9. The summed E-state index contributed by atoms with van der Waals surface area (Å²) in [6, 6.07) is 7.43. The van der Waals surface area contributed by atoms with E-state index in [9.17, 15) is 4.79 Å². The predicted octanol–water partition coefficient (Wildman–Crippen LogP) is 1.43. The van der Waals surface area contributed by atoms with Gasteiger partial charge in [-0.2, -0.15) is 11.8 Å². The van der Waals surface area contributed by atoms with Crippen LogP contribution in [0.5, 0.6) is 5.75 Å². The van der Waals surface area contributed by atoms with E-state index in [1.807, 2.05) is 30.5 Å². The monoisotopic (exact) mass is 282 g/mol. The Hall–Kier alpha value is -1.20. The van der Waals surface area contributed by atoms with Gasteiger partial charge in [-0.25, -0.2) is 0 Å². The maximum atomic E-state index is 11.7. The van der Waals surface area contributed by atoms with Crippen LogP contribution in [0.4, 0.5) is 0 Å². The molecule has 0 radical (unpaired) electrons. The van der Waals surface area contributed by atoms with Crippen molar-refractivity contribution in [1.29, 1.82) is 0 Å². The Balaban J connectivity index is 2.31. The summed E-state index contributed by atoms with van der Waals surface area (Å²) in [5.74, 6) is 1.67. The fraction of sp³-hybridized carbons (Fsp3) is 0.500. The van der Waals surface area contributed by atoms with E-state index in [2.05, 4.69) is 5.32 Å². The van der Waals surface area contributed by atoms with Crippen molar-refractivity contribution in [3.63, 3.8) is 0 Å². The van der Waals surface area contributed by atoms with Gasteiger partial charge in [-0.15, -0.1) is 0 Å². The molecule has 0 bridgehead atoms. The van der Waals surface area contributed by atoms with Gasteiger partial charge in [0.25, 0.3) is 0 Å². The molecular weight excluding hydrogens is 260 g/mol. The molecule has 4 nitrogen and oxygen atoms in total. The van der Waals surface area contributed by atoms with E-state index in [0.29, 0.717) is 13.0 Å². The summed E-state index contributed by atoms with van der Waals surface area (Å²) < 4.78 is 5.16. The Labute approximate surface area is 119 Å². The smallest absolute Gasteiger partial charge is 0.236 e. The van der Waals surface area contributed by atoms with Gasteiger partial charge in [0, 0.05) is 6.54 Å². The summed E-state index contributed by atoms with van der Waals surface area (Å²) in [4.78, 5) is 11.7. The second kappa shape index (κ2) is 8.82. The van der Waals surface area contributed by atoms with E-state index < -0.39 is 6.04 Å². The molecular formula is C14H22N2O2S.